The van der Waals surface area contributed by atoms with Crippen molar-refractivity contribution in [2.75, 3.05) is 5.32 Å². The topological polar surface area (TPSA) is 59.8 Å². The van der Waals surface area contributed by atoms with Gasteiger partial charge in [-0.2, -0.15) is 0 Å². The predicted molar refractivity (Wildman–Crippen MR) is 112 cm³/mol. The third kappa shape index (κ3) is 3.64. The van der Waals surface area contributed by atoms with Crippen LogP contribution in [0.2, 0.25) is 0 Å². The molecule has 0 saturated heterocycles. The zero-order chi connectivity index (χ0) is 19.5. The summed E-state index contributed by atoms with van der Waals surface area (Å²) in [6.45, 7) is 4.84. The van der Waals surface area contributed by atoms with Crippen LogP contribution in [0.15, 0.2) is 66.7 Å². The van der Waals surface area contributed by atoms with Crippen LogP contribution in [0, 0.1) is 6.92 Å². The number of amides is 1. The molecule has 4 aromatic rings. The summed E-state index contributed by atoms with van der Waals surface area (Å²) in [5.74, 6) is -0.153. The van der Waals surface area contributed by atoms with E-state index in [9.17, 15) is 4.79 Å². The molecule has 0 fully saturated rings. The second-order valence-corrected chi connectivity index (χ2v) is 6.88. The lowest BCUT2D eigenvalue weighted by atomic mass is 10.1. The Morgan fingerprint density at radius 2 is 1.82 bits per heavy atom. The Morgan fingerprint density at radius 1 is 1.04 bits per heavy atom. The van der Waals surface area contributed by atoms with Gasteiger partial charge in [-0.1, -0.05) is 48.5 Å². The van der Waals surface area contributed by atoms with Crippen LogP contribution in [-0.4, -0.2) is 20.9 Å². The lowest BCUT2D eigenvalue weighted by Crippen LogP contribution is -2.11. The average Bonchev–Trinajstić information content (AvgIpc) is 3.12. The van der Waals surface area contributed by atoms with Crippen LogP contribution < -0.4 is 5.32 Å². The van der Waals surface area contributed by atoms with E-state index in [1.165, 1.54) is 16.7 Å². The Kier molecular flexibility index (Phi) is 4.89. The largest absolute Gasteiger partial charge is 0.322 e. The number of nitrogens with zero attached hydrogens (tertiary/aromatic N) is 3. The van der Waals surface area contributed by atoms with Gasteiger partial charge < -0.3 is 5.32 Å². The first kappa shape index (κ1) is 17.9. The molecule has 0 radical (unpaired) electrons. The molecule has 0 saturated carbocycles. The van der Waals surface area contributed by atoms with Crippen molar-refractivity contribution in [3.63, 3.8) is 0 Å². The molecule has 0 atom stereocenters. The Hall–Kier alpha value is -3.47. The maximum atomic E-state index is 12.6. The molecule has 28 heavy (non-hydrogen) atoms. The van der Waals surface area contributed by atoms with E-state index in [1.807, 2.05) is 53.2 Å². The molecule has 4 rings (SSSR count). The minimum atomic E-state index is -0.153. The summed E-state index contributed by atoms with van der Waals surface area (Å²) < 4.78 is 1.86. The predicted octanol–water partition coefficient (Wildman–Crippen LogP) is 4.60. The maximum Gasteiger partial charge on any atom is 0.255 e. The van der Waals surface area contributed by atoms with Crippen molar-refractivity contribution in [1.82, 2.24) is 15.0 Å². The highest BCUT2D eigenvalue weighted by Gasteiger charge is 2.11. The summed E-state index contributed by atoms with van der Waals surface area (Å²) in [5.41, 5.74) is 6.63. The number of hydrogen-bond acceptors (Lipinski definition) is 3. The molecule has 3 aromatic carbocycles. The van der Waals surface area contributed by atoms with Crippen molar-refractivity contribution in [3.8, 4) is 0 Å². The molecule has 5 heteroatoms. The molecular weight excluding hydrogens is 348 g/mol. The first-order valence-electron chi connectivity index (χ1n) is 9.42. The van der Waals surface area contributed by atoms with Crippen LogP contribution in [0.4, 0.5) is 5.69 Å². The highest BCUT2D eigenvalue weighted by atomic mass is 16.1. The van der Waals surface area contributed by atoms with Crippen molar-refractivity contribution in [2.24, 2.45) is 0 Å². The molecule has 0 aliphatic heterocycles. The van der Waals surface area contributed by atoms with Crippen LogP contribution in [0.5, 0.6) is 0 Å². The number of benzene rings is 3. The van der Waals surface area contributed by atoms with Gasteiger partial charge in [0.15, 0.2) is 0 Å². The van der Waals surface area contributed by atoms with Crippen molar-refractivity contribution in [3.05, 3.63) is 89.0 Å². The van der Waals surface area contributed by atoms with Crippen LogP contribution in [0.3, 0.4) is 0 Å². The second kappa shape index (κ2) is 7.64. The fraction of sp³-hybridized carbons (Fsp3) is 0.174. The quantitative estimate of drug-likeness (QED) is 0.558. The zero-order valence-corrected chi connectivity index (χ0v) is 16.0. The summed E-state index contributed by atoms with van der Waals surface area (Å²) in [6, 6.07) is 21.6. The van der Waals surface area contributed by atoms with Crippen molar-refractivity contribution in [2.45, 2.75) is 26.8 Å². The molecule has 0 bridgehead atoms. The number of hydrogen-bond donors (Lipinski definition) is 1. The van der Waals surface area contributed by atoms with E-state index in [0.29, 0.717) is 17.6 Å². The molecular formula is C23H22N4O. The number of aryl methyl sites for hydroxylation is 2. The summed E-state index contributed by atoms with van der Waals surface area (Å²) in [5, 5.41) is 11.5. The van der Waals surface area contributed by atoms with Gasteiger partial charge in [0, 0.05) is 11.3 Å². The van der Waals surface area contributed by atoms with Gasteiger partial charge in [-0.3, -0.25) is 4.79 Å². The van der Waals surface area contributed by atoms with E-state index in [0.717, 1.165) is 17.6 Å². The van der Waals surface area contributed by atoms with E-state index < -0.39 is 0 Å². The third-order valence-electron chi connectivity index (χ3n) is 4.98. The second-order valence-electron chi connectivity index (χ2n) is 6.88. The van der Waals surface area contributed by atoms with Crippen LogP contribution in [-0.2, 0) is 13.0 Å². The Morgan fingerprint density at radius 3 is 2.57 bits per heavy atom. The van der Waals surface area contributed by atoms with Crippen molar-refractivity contribution in [1.29, 1.82) is 0 Å². The van der Waals surface area contributed by atoms with E-state index >= 15 is 0 Å². The van der Waals surface area contributed by atoms with Gasteiger partial charge in [-0.25, -0.2) is 4.68 Å². The highest BCUT2D eigenvalue weighted by Crippen LogP contribution is 2.18. The molecule has 0 aliphatic rings. The molecule has 1 amide bonds. The summed E-state index contributed by atoms with van der Waals surface area (Å²) >= 11 is 0. The molecule has 0 unspecified atom stereocenters. The van der Waals surface area contributed by atoms with Gasteiger partial charge in [0.2, 0.25) is 0 Å². The van der Waals surface area contributed by atoms with Gasteiger partial charge in [0.1, 0.15) is 5.52 Å². The standard InChI is InChI=1S/C23H22N4O/c1-3-17-8-11-20(12-9-17)24-23(28)18-10-13-22-21(14-18)25-26-27(22)15-19-7-5-4-6-16(19)2/h4-14H,3,15H2,1-2H3,(H,24,28). The first-order valence-corrected chi connectivity index (χ1v) is 9.42. The highest BCUT2D eigenvalue weighted by molar-refractivity contribution is 6.05. The molecule has 0 aliphatic carbocycles. The van der Waals surface area contributed by atoms with Crippen LogP contribution in [0.1, 0.15) is 34.0 Å². The lowest BCUT2D eigenvalue weighted by Gasteiger charge is -2.07. The van der Waals surface area contributed by atoms with Gasteiger partial charge in [0.25, 0.3) is 5.91 Å². The van der Waals surface area contributed by atoms with E-state index in [1.54, 1.807) is 6.07 Å². The molecule has 140 valence electrons. The number of rotatable bonds is 5. The minimum Gasteiger partial charge on any atom is -0.322 e. The van der Waals surface area contributed by atoms with E-state index in [2.05, 4.69) is 41.6 Å². The Labute approximate surface area is 164 Å². The van der Waals surface area contributed by atoms with Crippen molar-refractivity contribution >= 4 is 22.6 Å². The number of nitrogens with one attached hydrogen (secondary N) is 1. The zero-order valence-electron chi connectivity index (χ0n) is 16.0. The lowest BCUT2D eigenvalue weighted by molar-refractivity contribution is 0.102. The summed E-state index contributed by atoms with van der Waals surface area (Å²) in [6.07, 6.45) is 0.975. The Balaban J connectivity index is 1.55. The van der Waals surface area contributed by atoms with E-state index in [4.69, 9.17) is 0 Å². The fourth-order valence-corrected chi connectivity index (χ4v) is 3.21. The van der Waals surface area contributed by atoms with Crippen molar-refractivity contribution < 1.29 is 4.79 Å². The Bertz CT molecular complexity index is 1130. The number of fused-ring (bicyclic) bond motifs is 1. The van der Waals surface area contributed by atoms with Crippen LogP contribution >= 0.6 is 0 Å². The molecule has 1 aromatic heterocycles. The van der Waals surface area contributed by atoms with Gasteiger partial charge in [-0.15, -0.1) is 5.10 Å². The molecule has 1 heterocycles. The number of carbonyl (C=O) groups excluding carboxylic acids is 1. The molecule has 0 spiro atoms. The first-order chi connectivity index (χ1) is 13.6. The molecule has 5 nitrogen and oxygen atoms in total. The molecule has 1 N–H and O–H groups in total. The fourth-order valence-electron chi connectivity index (χ4n) is 3.21. The van der Waals surface area contributed by atoms with Crippen LogP contribution in [0.25, 0.3) is 11.0 Å². The van der Waals surface area contributed by atoms with Gasteiger partial charge in [-0.05, 0) is 60.4 Å². The smallest absolute Gasteiger partial charge is 0.255 e. The monoisotopic (exact) mass is 370 g/mol. The van der Waals surface area contributed by atoms with E-state index in [-0.39, 0.29) is 5.91 Å². The van der Waals surface area contributed by atoms with Gasteiger partial charge in [0.05, 0.1) is 12.1 Å². The minimum absolute atomic E-state index is 0.153. The number of carbonyl (C=O) groups is 1. The normalized spacial score (nSPS) is 10.9. The SMILES string of the molecule is CCc1ccc(NC(=O)c2ccc3c(c2)nnn3Cc2ccccc2C)cc1. The summed E-state index contributed by atoms with van der Waals surface area (Å²) in [4.78, 5) is 12.6. The maximum absolute atomic E-state index is 12.6. The number of aromatic nitrogens is 3. The average molecular weight is 370 g/mol. The number of anilines is 1. The van der Waals surface area contributed by atoms with Gasteiger partial charge >= 0.3 is 0 Å². The third-order valence-corrected chi connectivity index (χ3v) is 4.98. The summed E-state index contributed by atoms with van der Waals surface area (Å²) in [7, 11) is 0.